The second-order valence-corrected chi connectivity index (χ2v) is 5.49. The number of carbonyl (C=O) groups excluding carboxylic acids is 1. The summed E-state index contributed by atoms with van der Waals surface area (Å²) in [6.07, 6.45) is 4.64. The number of non-ortho nitro benzene ring substituents is 1. The number of carbonyl (C=O) groups is 1. The molecule has 0 spiro atoms. The molecule has 1 aromatic heterocycles. The number of halogens is 1. The van der Waals surface area contributed by atoms with Crippen molar-refractivity contribution in [3.05, 3.63) is 74.1 Å². The number of pyridine rings is 1. The Labute approximate surface area is 138 Å². The maximum atomic E-state index is 11.9. The van der Waals surface area contributed by atoms with Crippen LogP contribution in [0, 0.1) is 10.1 Å². The van der Waals surface area contributed by atoms with Crippen molar-refractivity contribution in [3.8, 4) is 0 Å². The van der Waals surface area contributed by atoms with Crippen molar-refractivity contribution in [2.45, 2.75) is 0 Å². The van der Waals surface area contributed by atoms with Gasteiger partial charge in [-0.2, -0.15) is 0 Å². The van der Waals surface area contributed by atoms with E-state index >= 15 is 0 Å². The SMILES string of the molecule is O=C1OC(c2cncc(Br)c2)=N/C1=C\c1ccc([N+](=O)[O-])cc1. The van der Waals surface area contributed by atoms with E-state index < -0.39 is 10.9 Å². The van der Waals surface area contributed by atoms with Gasteiger partial charge in [-0.05, 0) is 45.8 Å². The van der Waals surface area contributed by atoms with Gasteiger partial charge in [0.1, 0.15) is 0 Å². The quantitative estimate of drug-likeness (QED) is 0.356. The predicted molar refractivity (Wildman–Crippen MR) is 85.6 cm³/mol. The topological polar surface area (TPSA) is 94.7 Å². The molecule has 0 radical (unpaired) electrons. The molecule has 0 amide bonds. The third-order valence-electron chi connectivity index (χ3n) is 2.98. The number of esters is 1. The molecule has 2 heterocycles. The van der Waals surface area contributed by atoms with Crippen LogP contribution in [-0.2, 0) is 9.53 Å². The van der Waals surface area contributed by atoms with E-state index in [0.29, 0.717) is 11.1 Å². The molecule has 7 nitrogen and oxygen atoms in total. The summed E-state index contributed by atoms with van der Waals surface area (Å²) in [6, 6.07) is 7.51. The second-order valence-electron chi connectivity index (χ2n) is 4.58. The number of nitrogens with zero attached hydrogens (tertiary/aromatic N) is 3. The average molecular weight is 374 g/mol. The van der Waals surface area contributed by atoms with Crippen LogP contribution < -0.4 is 0 Å². The number of rotatable bonds is 3. The predicted octanol–water partition coefficient (Wildman–Crippen LogP) is 3.10. The van der Waals surface area contributed by atoms with Crippen LogP contribution in [0.3, 0.4) is 0 Å². The largest absolute Gasteiger partial charge is 0.402 e. The second kappa shape index (κ2) is 6.09. The van der Waals surface area contributed by atoms with Crippen LogP contribution in [0.25, 0.3) is 6.08 Å². The molecular weight excluding hydrogens is 366 g/mol. The number of nitro benzene ring substituents is 1. The van der Waals surface area contributed by atoms with E-state index in [1.807, 2.05) is 0 Å². The highest BCUT2D eigenvalue weighted by Crippen LogP contribution is 2.21. The Morgan fingerprint density at radius 1 is 1.22 bits per heavy atom. The van der Waals surface area contributed by atoms with Crippen LogP contribution in [0.4, 0.5) is 5.69 Å². The summed E-state index contributed by atoms with van der Waals surface area (Å²) in [6.45, 7) is 0. The van der Waals surface area contributed by atoms with Crippen molar-refractivity contribution in [3.63, 3.8) is 0 Å². The lowest BCUT2D eigenvalue weighted by Gasteiger charge is -1.98. The van der Waals surface area contributed by atoms with Gasteiger partial charge in [0.2, 0.25) is 5.90 Å². The van der Waals surface area contributed by atoms with E-state index in [9.17, 15) is 14.9 Å². The van der Waals surface area contributed by atoms with Crippen molar-refractivity contribution >= 4 is 39.6 Å². The molecule has 23 heavy (non-hydrogen) atoms. The number of ether oxygens (including phenoxy) is 1. The molecule has 0 N–H and O–H groups in total. The minimum Gasteiger partial charge on any atom is -0.402 e. The first-order valence-electron chi connectivity index (χ1n) is 6.41. The van der Waals surface area contributed by atoms with Crippen LogP contribution in [-0.4, -0.2) is 21.8 Å². The lowest BCUT2D eigenvalue weighted by atomic mass is 10.2. The Balaban J connectivity index is 1.90. The van der Waals surface area contributed by atoms with E-state index in [-0.39, 0.29) is 17.3 Å². The summed E-state index contributed by atoms with van der Waals surface area (Å²) >= 11 is 3.28. The first kappa shape index (κ1) is 15.0. The van der Waals surface area contributed by atoms with Crippen molar-refractivity contribution in [2.24, 2.45) is 4.99 Å². The van der Waals surface area contributed by atoms with Crippen LogP contribution >= 0.6 is 15.9 Å². The highest BCUT2D eigenvalue weighted by atomic mass is 79.9. The van der Waals surface area contributed by atoms with Gasteiger partial charge >= 0.3 is 5.97 Å². The summed E-state index contributed by atoms with van der Waals surface area (Å²) in [4.78, 5) is 30.1. The van der Waals surface area contributed by atoms with Gasteiger partial charge in [0.15, 0.2) is 5.70 Å². The van der Waals surface area contributed by atoms with Crippen molar-refractivity contribution in [1.29, 1.82) is 0 Å². The molecule has 0 aliphatic carbocycles. The van der Waals surface area contributed by atoms with E-state index in [4.69, 9.17) is 4.74 Å². The van der Waals surface area contributed by atoms with Crippen molar-refractivity contribution in [1.82, 2.24) is 4.98 Å². The minimum atomic E-state index is -0.585. The zero-order chi connectivity index (χ0) is 16.4. The van der Waals surface area contributed by atoms with Gasteiger partial charge in [0.05, 0.1) is 10.5 Å². The lowest BCUT2D eigenvalue weighted by Crippen LogP contribution is -2.05. The number of cyclic esters (lactones) is 1. The molecule has 1 aliphatic rings. The van der Waals surface area contributed by atoms with E-state index in [1.165, 1.54) is 36.5 Å². The molecule has 1 aromatic carbocycles. The maximum Gasteiger partial charge on any atom is 0.363 e. The van der Waals surface area contributed by atoms with Crippen molar-refractivity contribution < 1.29 is 14.5 Å². The Bertz CT molecular complexity index is 859. The molecular formula is C15H8BrN3O4. The molecule has 0 fully saturated rings. The number of hydrogen-bond donors (Lipinski definition) is 0. The molecule has 1 aliphatic heterocycles. The number of nitro groups is 1. The molecule has 0 unspecified atom stereocenters. The zero-order valence-corrected chi connectivity index (χ0v) is 13.1. The zero-order valence-electron chi connectivity index (χ0n) is 11.5. The fraction of sp³-hybridized carbons (Fsp3) is 0. The third kappa shape index (κ3) is 3.32. The first-order valence-corrected chi connectivity index (χ1v) is 7.20. The molecule has 0 atom stereocenters. The average Bonchev–Trinajstić information content (AvgIpc) is 2.89. The van der Waals surface area contributed by atoms with Crippen LogP contribution in [0.5, 0.6) is 0 Å². The molecule has 0 bridgehead atoms. The fourth-order valence-corrected chi connectivity index (χ4v) is 2.28. The number of hydrogen-bond acceptors (Lipinski definition) is 6. The maximum absolute atomic E-state index is 11.9. The minimum absolute atomic E-state index is 0.0226. The number of aromatic nitrogens is 1. The third-order valence-corrected chi connectivity index (χ3v) is 3.41. The van der Waals surface area contributed by atoms with Gasteiger partial charge in [-0.1, -0.05) is 0 Å². The molecule has 0 saturated heterocycles. The lowest BCUT2D eigenvalue weighted by molar-refractivity contribution is -0.384. The van der Waals surface area contributed by atoms with Gasteiger partial charge in [0, 0.05) is 29.0 Å². The summed E-state index contributed by atoms with van der Waals surface area (Å²) in [5, 5.41) is 10.6. The van der Waals surface area contributed by atoms with E-state index in [1.54, 1.807) is 12.3 Å². The molecule has 8 heteroatoms. The van der Waals surface area contributed by atoms with Gasteiger partial charge in [-0.3, -0.25) is 15.1 Å². The van der Waals surface area contributed by atoms with E-state index in [0.717, 1.165) is 4.47 Å². The summed E-state index contributed by atoms with van der Waals surface area (Å²) in [7, 11) is 0. The Morgan fingerprint density at radius 2 is 1.96 bits per heavy atom. The monoisotopic (exact) mass is 373 g/mol. The standard InChI is InChI=1S/C15H8BrN3O4/c16-11-6-10(7-17-8-11)14-18-13(15(20)23-14)5-9-1-3-12(4-2-9)19(21)22/h1-8H/b13-5-. The van der Waals surface area contributed by atoms with Gasteiger partial charge in [-0.15, -0.1) is 0 Å². The molecule has 2 aromatic rings. The van der Waals surface area contributed by atoms with Crippen LogP contribution in [0.1, 0.15) is 11.1 Å². The summed E-state index contributed by atoms with van der Waals surface area (Å²) < 4.78 is 5.86. The van der Waals surface area contributed by atoms with Crippen LogP contribution in [0.2, 0.25) is 0 Å². The summed E-state index contributed by atoms with van der Waals surface area (Å²) in [5.74, 6) is -0.421. The number of benzene rings is 1. The Hall–Kier alpha value is -2.87. The molecule has 3 rings (SSSR count). The number of aliphatic imine (C=N–C) groups is 1. The van der Waals surface area contributed by atoms with Gasteiger partial charge in [0.25, 0.3) is 5.69 Å². The first-order chi connectivity index (χ1) is 11.0. The smallest absolute Gasteiger partial charge is 0.363 e. The van der Waals surface area contributed by atoms with Gasteiger partial charge in [-0.25, -0.2) is 9.79 Å². The van der Waals surface area contributed by atoms with Gasteiger partial charge < -0.3 is 4.74 Å². The Morgan fingerprint density at radius 3 is 2.61 bits per heavy atom. The summed E-state index contributed by atoms with van der Waals surface area (Å²) in [5.41, 5.74) is 1.28. The normalized spacial score (nSPS) is 15.4. The Kier molecular flexibility index (Phi) is 3.98. The fourth-order valence-electron chi connectivity index (χ4n) is 1.91. The molecule has 114 valence electrons. The van der Waals surface area contributed by atoms with Crippen molar-refractivity contribution in [2.75, 3.05) is 0 Å². The highest BCUT2D eigenvalue weighted by molar-refractivity contribution is 9.10. The molecule has 0 saturated carbocycles. The van der Waals surface area contributed by atoms with E-state index in [2.05, 4.69) is 25.9 Å². The highest BCUT2D eigenvalue weighted by Gasteiger charge is 2.24. The van der Waals surface area contributed by atoms with Crippen LogP contribution in [0.15, 0.2) is 57.9 Å².